The molecule has 5 heteroatoms. The number of hydrogen-bond donors (Lipinski definition) is 1. The molecule has 5 rings (SSSR count). The molecule has 36 heavy (non-hydrogen) atoms. The Morgan fingerprint density at radius 3 is 1.64 bits per heavy atom. The lowest BCUT2D eigenvalue weighted by Gasteiger charge is -2.23. The second-order valence-corrected chi connectivity index (χ2v) is 10.3. The molecule has 0 atom stereocenters. The van der Waals surface area contributed by atoms with Gasteiger partial charge in [0.05, 0.1) is 0 Å². The van der Waals surface area contributed by atoms with Crippen LogP contribution in [0.1, 0.15) is 100 Å². The summed E-state index contributed by atoms with van der Waals surface area (Å²) < 4.78 is 0. The molecule has 2 aliphatic rings. The van der Waals surface area contributed by atoms with Crippen molar-refractivity contribution in [3.05, 3.63) is 94.6 Å². The van der Waals surface area contributed by atoms with Crippen molar-refractivity contribution >= 4 is 11.6 Å². The third-order valence-corrected chi connectivity index (χ3v) is 7.81. The normalized spacial score (nSPS) is 17.1. The van der Waals surface area contributed by atoms with Crippen LogP contribution >= 0.6 is 0 Å². The zero-order chi connectivity index (χ0) is 24.7. The topological polar surface area (TPSA) is 72.0 Å². The second kappa shape index (κ2) is 11.7. The molecule has 0 radical (unpaired) electrons. The maximum atomic E-state index is 12.9. The van der Waals surface area contributed by atoms with Gasteiger partial charge in [-0.1, -0.05) is 67.8 Å². The lowest BCUT2D eigenvalue weighted by atomic mass is 9.84. The van der Waals surface area contributed by atoms with E-state index in [4.69, 9.17) is 0 Å². The number of nitrogens with one attached hydrogen (secondary N) is 1. The molecule has 0 amide bonds. The number of carbonyl (C=O) groups excluding carboxylic acids is 2. The van der Waals surface area contributed by atoms with Crippen LogP contribution in [0.5, 0.6) is 0 Å². The molecule has 5 nitrogen and oxygen atoms in total. The Bertz CT molecular complexity index is 1080. The predicted molar refractivity (Wildman–Crippen MR) is 142 cm³/mol. The highest BCUT2D eigenvalue weighted by atomic mass is 16.1. The van der Waals surface area contributed by atoms with Gasteiger partial charge >= 0.3 is 0 Å². The maximum Gasteiger partial charge on any atom is 0.185 e. The fourth-order valence-electron chi connectivity index (χ4n) is 5.62. The number of piperidine rings is 1. The van der Waals surface area contributed by atoms with E-state index in [1.807, 2.05) is 12.1 Å². The summed E-state index contributed by atoms with van der Waals surface area (Å²) in [6, 6.07) is 18.4. The van der Waals surface area contributed by atoms with Crippen molar-refractivity contribution in [2.75, 3.05) is 13.1 Å². The van der Waals surface area contributed by atoms with Crippen molar-refractivity contribution in [1.29, 1.82) is 0 Å². The van der Waals surface area contributed by atoms with Crippen LogP contribution in [0, 0.1) is 0 Å². The van der Waals surface area contributed by atoms with Crippen molar-refractivity contribution in [3.8, 4) is 0 Å². The minimum absolute atomic E-state index is 0.0943. The number of nitrogens with zero attached hydrogens (tertiary/aromatic N) is 2. The van der Waals surface area contributed by atoms with E-state index in [2.05, 4.69) is 51.7 Å². The molecule has 1 N–H and O–H groups in total. The highest BCUT2D eigenvalue weighted by molar-refractivity contribution is 6.00. The first-order valence-electron chi connectivity index (χ1n) is 13.4. The van der Waals surface area contributed by atoms with E-state index in [1.165, 1.54) is 49.6 Å². The summed E-state index contributed by atoms with van der Waals surface area (Å²) in [6.07, 6.45) is 10.7. The van der Waals surface area contributed by atoms with Gasteiger partial charge in [0.25, 0.3) is 0 Å². The van der Waals surface area contributed by atoms with Crippen LogP contribution in [0.2, 0.25) is 0 Å². The summed E-state index contributed by atoms with van der Waals surface area (Å²) in [5.41, 5.74) is 5.25. The first-order valence-corrected chi connectivity index (χ1v) is 13.4. The molecule has 1 saturated carbocycles. The van der Waals surface area contributed by atoms with Crippen LogP contribution in [0.3, 0.4) is 0 Å². The number of rotatable bonds is 8. The largest absolute Gasteiger partial charge is 0.317 e. The molecule has 186 valence electrons. The van der Waals surface area contributed by atoms with Crippen LogP contribution in [0.15, 0.2) is 60.9 Å². The molecule has 2 fully saturated rings. The van der Waals surface area contributed by atoms with Gasteiger partial charge in [-0.2, -0.15) is 0 Å². The summed E-state index contributed by atoms with van der Waals surface area (Å²) >= 11 is 0. The van der Waals surface area contributed by atoms with Crippen LogP contribution in [-0.4, -0.2) is 34.6 Å². The Balaban J connectivity index is 1.19. The lowest BCUT2D eigenvalue weighted by molar-refractivity contribution is 0.0987. The molecular formula is C31H35N3O2. The Hall–Kier alpha value is -3.18. The number of ketones is 2. The fraction of sp³-hybridized carbons (Fsp3) is 0.419. The average Bonchev–Trinajstić information content (AvgIpc) is 2.95. The number of carbonyl (C=O) groups is 2. The van der Waals surface area contributed by atoms with Gasteiger partial charge in [-0.3, -0.25) is 9.59 Å². The number of aromatic nitrogens is 2. The van der Waals surface area contributed by atoms with E-state index in [9.17, 15) is 9.59 Å². The summed E-state index contributed by atoms with van der Waals surface area (Å²) in [5, 5.41) is 3.40. The van der Waals surface area contributed by atoms with Crippen molar-refractivity contribution < 1.29 is 9.59 Å². The lowest BCUT2D eigenvalue weighted by Crippen LogP contribution is -2.26. The van der Waals surface area contributed by atoms with Crippen molar-refractivity contribution in [3.63, 3.8) is 0 Å². The highest BCUT2D eigenvalue weighted by Gasteiger charge is 2.18. The molecule has 0 bridgehead atoms. The van der Waals surface area contributed by atoms with Gasteiger partial charge in [0.1, 0.15) is 17.7 Å². The van der Waals surface area contributed by atoms with Crippen LogP contribution < -0.4 is 5.32 Å². The van der Waals surface area contributed by atoms with Gasteiger partial charge in [-0.05, 0) is 78.9 Å². The highest BCUT2D eigenvalue weighted by Crippen LogP contribution is 2.32. The van der Waals surface area contributed by atoms with Crippen LogP contribution in [0.4, 0.5) is 0 Å². The van der Waals surface area contributed by atoms with E-state index in [1.54, 1.807) is 6.07 Å². The first kappa shape index (κ1) is 24.5. The van der Waals surface area contributed by atoms with E-state index >= 15 is 0 Å². The predicted octanol–water partition coefficient (Wildman–Crippen LogP) is 5.84. The second-order valence-electron chi connectivity index (χ2n) is 10.3. The van der Waals surface area contributed by atoms with Crippen molar-refractivity contribution in [2.24, 2.45) is 0 Å². The molecule has 1 aliphatic carbocycles. The molecule has 1 aromatic heterocycles. The SMILES string of the molecule is O=C(Cc1ccc(C2CCCCC2)cc1)c1cc(C(=O)Cc2ccc(C3CCNCC3)cc2)ncn1. The van der Waals surface area contributed by atoms with E-state index in [0.717, 1.165) is 37.1 Å². The summed E-state index contributed by atoms with van der Waals surface area (Å²) in [7, 11) is 0. The van der Waals surface area contributed by atoms with Gasteiger partial charge in [-0.15, -0.1) is 0 Å². The quantitative estimate of drug-likeness (QED) is 0.409. The number of Topliss-reactive ketones (excluding diaryl/α,β-unsaturated/α-hetero) is 2. The van der Waals surface area contributed by atoms with E-state index in [-0.39, 0.29) is 24.4 Å². The fourth-order valence-corrected chi connectivity index (χ4v) is 5.62. The monoisotopic (exact) mass is 481 g/mol. The summed E-state index contributed by atoms with van der Waals surface area (Å²) in [6.45, 7) is 2.12. The van der Waals surface area contributed by atoms with Gasteiger partial charge in [-0.25, -0.2) is 9.97 Å². The standard InChI is InChI=1S/C31H35N3O2/c35-30(18-22-6-10-25(11-7-22)24-4-2-1-3-5-24)28-20-29(34-21-33-28)31(36)19-23-8-12-26(13-9-23)27-14-16-32-17-15-27/h6-13,20-21,24,27,32H,1-5,14-19H2. The molecule has 0 spiro atoms. The van der Waals surface area contributed by atoms with Crippen LogP contribution in [-0.2, 0) is 12.8 Å². The Kier molecular flexibility index (Phi) is 7.97. The molecule has 1 aliphatic heterocycles. The third-order valence-electron chi connectivity index (χ3n) is 7.81. The zero-order valence-electron chi connectivity index (χ0n) is 20.9. The van der Waals surface area contributed by atoms with Crippen LogP contribution in [0.25, 0.3) is 0 Å². The third kappa shape index (κ3) is 6.14. The van der Waals surface area contributed by atoms with Gasteiger partial charge in [0.2, 0.25) is 0 Å². The van der Waals surface area contributed by atoms with Gasteiger partial charge in [0.15, 0.2) is 11.6 Å². The molecular weight excluding hydrogens is 446 g/mol. The zero-order valence-corrected chi connectivity index (χ0v) is 20.9. The summed E-state index contributed by atoms with van der Waals surface area (Å²) in [4.78, 5) is 34.1. The smallest absolute Gasteiger partial charge is 0.185 e. The number of hydrogen-bond acceptors (Lipinski definition) is 5. The van der Waals surface area contributed by atoms with E-state index in [0.29, 0.717) is 23.2 Å². The minimum atomic E-state index is -0.0992. The first-order chi connectivity index (χ1) is 17.7. The Morgan fingerprint density at radius 1 is 0.667 bits per heavy atom. The minimum Gasteiger partial charge on any atom is -0.317 e. The van der Waals surface area contributed by atoms with E-state index < -0.39 is 0 Å². The maximum absolute atomic E-state index is 12.9. The van der Waals surface area contributed by atoms with Crippen molar-refractivity contribution in [2.45, 2.75) is 69.6 Å². The molecule has 2 aromatic carbocycles. The summed E-state index contributed by atoms with van der Waals surface area (Å²) in [5.74, 6) is 1.05. The molecule has 2 heterocycles. The molecule has 0 unspecified atom stereocenters. The molecule has 3 aromatic rings. The number of benzene rings is 2. The Labute approximate surface area is 213 Å². The van der Waals surface area contributed by atoms with Gasteiger partial charge in [0, 0.05) is 12.8 Å². The average molecular weight is 482 g/mol. The Morgan fingerprint density at radius 2 is 1.14 bits per heavy atom. The molecule has 1 saturated heterocycles. The van der Waals surface area contributed by atoms with Gasteiger partial charge < -0.3 is 5.32 Å². The van der Waals surface area contributed by atoms with Crippen molar-refractivity contribution in [1.82, 2.24) is 15.3 Å².